The molecule has 3 heterocycles. The molecule has 4 rings (SSSR count). The summed E-state index contributed by atoms with van der Waals surface area (Å²) in [5.74, 6) is 1.45. The van der Waals surface area contributed by atoms with Gasteiger partial charge in [0.25, 0.3) is 0 Å². The first-order valence-electron chi connectivity index (χ1n) is 8.75. The van der Waals surface area contributed by atoms with Crippen LogP contribution in [-0.2, 0) is 4.79 Å². The molecule has 1 aromatic carbocycles. The van der Waals surface area contributed by atoms with Gasteiger partial charge in [-0.2, -0.15) is 5.10 Å². The molecule has 0 aliphatic carbocycles. The van der Waals surface area contributed by atoms with Gasteiger partial charge in [0.1, 0.15) is 12.7 Å². The fraction of sp³-hybridized carbons (Fsp3) is 0.211. The van der Waals surface area contributed by atoms with Crippen LogP contribution in [0.15, 0.2) is 61.2 Å². The Kier molecular flexibility index (Phi) is 4.86. The lowest BCUT2D eigenvalue weighted by molar-refractivity contribution is -0.126. The quantitative estimate of drug-likeness (QED) is 0.654. The Balaban J connectivity index is 1.33. The van der Waals surface area contributed by atoms with Gasteiger partial charge in [-0.15, -0.1) is 10.2 Å². The van der Waals surface area contributed by atoms with Crippen LogP contribution in [0.4, 0.5) is 5.82 Å². The molecule has 2 aromatic heterocycles. The fourth-order valence-corrected chi connectivity index (χ4v) is 2.93. The van der Waals surface area contributed by atoms with Crippen LogP contribution < -0.4 is 4.90 Å². The first-order valence-corrected chi connectivity index (χ1v) is 8.75. The summed E-state index contributed by atoms with van der Waals surface area (Å²) < 4.78 is 1.56. The summed E-state index contributed by atoms with van der Waals surface area (Å²) in [5.41, 5.74) is 1.02. The second kappa shape index (κ2) is 7.77. The maximum atomic E-state index is 12.4. The maximum absolute atomic E-state index is 12.4. The van der Waals surface area contributed by atoms with Gasteiger partial charge in [0.2, 0.25) is 5.91 Å². The smallest absolute Gasteiger partial charge is 0.246 e. The van der Waals surface area contributed by atoms with Crippen molar-refractivity contribution in [3.05, 3.63) is 66.8 Å². The van der Waals surface area contributed by atoms with Crippen molar-refractivity contribution >= 4 is 17.8 Å². The zero-order valence-corrected chi connectivity index (χ0v) is 14.7. The van der Waals surface area contributed by atoms with Crippen molar-refractivity contribution in [1.82, 2.24) is 29.9 Å². The molecule has 8 heteroatoms. The predicted molar refractivity (Wildman–Crippen MR) is 101 cm³/mol. The lowest BCUT2D eigenvalue weighted by Crippen LogP contribution is -2.48. The fourth-order valence-electron chi connectivity index (χ4n) is 2.93. The van der Waals surface area contributed by atoms with Crippen molar-refractivity contribution in [2.75, 3.05) is 31.1 Å². The van der Waals surface area contributed by atoms with Crippen molar-refractivity contribution < 1.29 is 4.79 Å². The first-order chi connectivity index (χ1) is 13.3. The van der Waals surface area contributed by atoms with Gasteiger partial charge in [-0.3, -0.25) is 4.79 Å². The Morgan fingerprint density at radius 1 is 0.926 bits per heavy atom. The van der Waals surface area contributed by atoms with Crippen molar-refractivity contribution in [2.24, 2.45) is 0 Å². The molecule has 0 radical (unpaired) electrons. The highest BCUT2D eigenvalue weighted by atomic mass is 16.2. The van der Waals surface area contributed by atoms with E-state index in [1.807, 2.05) is 53.4 Å². The number of carbonyl (C=O) groups excluding carboxylic acids is 1. The topological polar surface area (TPSA) is 80.0 Å². The average Bonchev–Trinajstić information content (AvgIpc) is 3.28. The van der Waals surface area contributed by atoms with E-state index in [0.29, 0.717) is 18.9 Å². The highest BCUT2D eigenvalue weighted by molar-refractivity contribution is 5.91. The number of anilines is 1. The molecule has 0 unspecified atom stereocenters. The highest BCUT2D eigenvalue weighted by Gasteiger charge is 2.20. The van der Waals surface area contributed by atoms with Crippen LogP contribution in [0.3, 0.4) is 0 Å². The van der Waals surface area contributed by atoms with Gasteiger partial charge in [-0.05, 0) is 23.8 Å². The third-order valence-electron chi connectivity index (χ3n) is 4.42. The van der Waals surface area contributed by atoms with Crippen LogP contribution in [-0.4, -0.2) is 61.9 Å². The van der Waals surface area contributed by atoms with E-state index < -0.39 is 0 Å². The molecule has 1 saturated heterocycles. The molecule has 3 aromatic rings. The van der Waals surface area contributed by atoms with Crippen LogP contribution in [0.25, 0.3) is 11.9 Å². The van der Waals surface area contributed by atoms with Gasteiger partial charge in [0.05, 0.1) is 0 Å². The summed E-state index contributed by atoms with van der Waals surface area (Å²) in [6, 6.07) is 13.6. The van der Waals surface area contributed by atoms with Crippen LogP contribution in [0.1, 0.15) is 5.56 Å². The molecule has 0 spiro atoms. The molecule has 1 amide bonds. The van der Waals surface area contributed by atoms with Crippen molar-refractivity contribution in [1.29, 1.82) is 0 Å². The minimum atomic E-state index is 0.0334. The number of nitrogens with zero attached hydrogens (tertiary/aromatic N) is 7. The van der Waals surface area contributed by atoms with E-state index in [9.17, 15) is 4.79 Å². The summed E-state index contributed by atoms with van der Waals surface area (Å²) in [4.78, 5) is 20.3. The summed E-state index contributed by atoms with van der Waals surface area (Å²) in [6.07, 6.45) is 6.52. The van der Waals surface area contributed by atoms with E-state index in [1.165, 1.54) is 6.33 Å². The van der Waals surface area contributed by atoms with E-state index in [4.69, 9.17) is 0 Å². The molecular formula is C19H19N7O. The Bertz CT molecular complexity index is 899. The van der Waals surface area contributed by atoms with Crippen LogP contribution in [0, 0.1) is 0 Å². The molecule has 0 atom stereocenters. The molecule has 1 aliphatic rings. The summed E-state index contributed by atoms with van der Waals surface area (Å²) in [5, 5.41) is 12.5. The van der Waals surface area contributed by atoms with E-state index in [0.717, 1.165) is 24.5 Å². The number of aromatic nitrogens is 5. The minimum Gasteiger partial charge on any atom is -0.352 e. The van der Waals surface area contributed by atoms with E-state index in [1.54, 1.807) is 17.1 Å². The second-order valence-corrected chi connectivity index (χ2v) is 6.15. The Hall–Kier alpha value is -3.55. The number of piperazine rings is 1. The second-order valence-electron chi connectivity index (χ2n) is 6.15. The Morgan fingerprint density at radius 3 is 2.33 bits per heavy atom. The monoisotopic (exact) mass is 361 g/mol. The number of rotatable bonds is 4. The molecule has 27 heavy (non-hydrogen) atoms. The summed E-state index contributed by atoms with van der Waals surface area (Å²) >= 11 is 0. The average molecular weight is 361 g/mol. The molecule has 0 bridgehead atoms. The predicted octanol–water partition coefficient (Wildman–Crippen LogP) is 1.42. The summed E-state index contributed by atoms with van der Waals surface area (Å²) in [6.45, 7) is 2.76. The third kappa shape index (κ3) is 4.00. The van der Waals surface area contributed by atoms with E-state index in [2.05, 4.69) is 25.2 Å². The SMILES string of the molecule is O=C(/C=C/c1ccccc1)N1CCN(c2ccc(-n3cncn3)nn2)CC1. The molecule has 0 saturated carbocycles. The van der Waals surface area contributed by atoms with Crippen molar-refractivity contribution in [3.63, 3.8) is 0 Å². The Labute approximate surface area is 156 Å². The van der Waals surface area contributed by atoms with Gasteiger partial charge in [-0.1, -0.05) is 30.3 Å². The molecule has 1 aliphatic heterocycles. The normalized spacial score (nSPS) is 14.7. The lowest BCUT2D eigenvalue weighted by Gasteiger charge is -2.34. The van der Waals surface area contributed by atoms with Crippen LogP contribution in [0.2, 0.25) is 0 Å². The molecular weight excluding hydrogens is 342 g/mol. The molecule has 8 nitrogen and oxygen atoms in total. The van der Waals surface area contributed by atoms with Crippen LogP contribution in [0.5, 0.6) is 0 Å². The number of hydrogen-bond acceptors (Lipinski definition) is 6. The highest BCUT2D eigenvalue weighted by Crippen LogP contribution is 2.14. The van der Waals surface area contributed by atoms with Gasteiger partial charge in [0.15, 0.2) is 11.6 Å². The number of amides is 1. The maximum Gasteiger partial charge on any atom is 0.246 e. The molecule has 136 valence electrons. The van der Waals surface area contributed by atoms with Gasteiger partial charge >= 0.3 is 0 Å². The van der Waals surface area contributed by atoms with E-state index >= 15 is 0 Å². The molecule has 0 N–H and O–H groups in total. The third-order valence-corrected chi connectivity index (χ3v) is 4.42. The summed E-state index contributed by atoms with van der Waals surface area (Å²) in [7, 11) is 0. The van der Waals surface area contributed by atoms with E-state index in [-0.39, 0.29) is 5.91 Å². The van der Waals surface area contributed by atoms with Gasteiger partial charge in [0, 0.05) is 32.3 Å². The molecule has 1 fully saturated rings. The lowest BCUT2D eigenvalue weighted by atomic mass is 10.2. The van der Waals surface area contributed by atoms with Gasteiger partial charge in [-0.25, -0.2) is 9.67 Å². The number of hydrogen-bond donors (Lipinski definition) is 0. The number of benzene rings is 1. The minimum absolute atomic E-state index is 0.0334. The Morgan fingerprint density at radius 2 is 1.67 bits per heavy atom. The largest absolute Gasteiger partial charge is 0.352 e. The first kappa shape index (κ1) is 16.9. The van der Waals surface area contributed by atoms with Gasteiger partial charge < -0.3 is 9.80 Å². The number of carbonyl (C=O) groups is 1. The zero-order valence-electron chi connectivity index (χ0n) is 14.7. The van der Waals surface area contributed by atoms with Crippen molar-refractivity contribution in [3.8, 4) is 5.82 Å². The standard InChI is InChI=1S/C19H19N7O/c27-19(9-6-16-4-2-1-3-5-16)25-12-10-24(11-13-25)17-7-8-18(23-22-17)26-15-20-14-21-26/h1-9,14-15H,10-13H2/b9-6+. The van der Waals surface area contributed by atoms with Crippen LogP contribution >= 0.6 is 0 Å². The van der Waals surface area contributed by atoms with Crippen molar-refractivity contribution in [2.45, 2.75) is 0 Å². The zero-order chi connectivity index (χ0) is 18.5.